The summed E-state index contributed by atoms with van der Waals surface area (Å²) in [5, 5.41) is 3.32. The predicted molar refractivity (Wildman–Crippen MR) is 73.8 cm³/mol. The van der Waals surface area contributed by atoms with E-state index in [-0.39, 0.29) is 0 Å². The number of hydrogen-bond donors (Lipinski definition) is 1. The summed E-state index contributed by atoms with van der Waals surface area (Å²) in [4.78, 5) is 2.41. The highest BCUT2D eigenvalue weighted by Crippen LogP contribution is 2.26. The molecule has 0 saturated carbocycles. The largest absolute Gasteiger partial charge is 0.319 e. The SMILES string of the molecule is C=CCN(CC=C)CC(CC)(CC)CNC. The molecule has 2 heteroatoms. The van der Waals surface area contributed by atoms with Gasteiger partial charge in [0.05, 0.1) is 0 Å². The number of rotatable bonds is 10. The lowest BCUT2D eigenvalue weighted by Gasteiger charge is -2.36. The Bertz CT molecular complexity index is 185. The molecule has 0 aliphatic heterocycles. The molecule has 0 spiro atoms. The van der Waals surface area contributed by atoms with Crippen molar-refractivity contribution in [2.45, 2.75) is 26.7 Å². The molecule has 0 rings (SSSR count). The van der Waals surface area contributed by atoms with Crippen LogP contribution < -0.4 is 5.32 Å². The summed E-state index contributed by atoms with van der Waals surface area (Å²) >= 11 is 0. The Hall–Kier alpha value is -0.600. The molecular weight excluding hydrogens is 196 g/mol. The topological polar surface area (TPSA) is 15.3 Å². The van der Waals surface area contributed by atoms with Gasteiger partial charge >= 0.3 is 0 Å². The minimum absolute atomic E-state index is 0.376. The smallest absolute Gasteiger partial charge is 0.0164 e. The van der Waals surface area contributed by atoms with E-state index >= 15 is 0 Å². The lowest BCUT2D eigenvalue weighted by molar-refractivity contribution is 0.156. The van der Waals surface area contributed by atoms with Gasteiger partial charge in [0.1, 0.15) is 0 Å². The maximum Gasteiger partial charge on any atom is 0.0164 e. The van der Waals surface area contributed by atoms with E-state index in [1.165, 1.54) is 12.8 Å². The fraction of sp³-hybridized carbons (Fsp3) is 0.714. The van der Waals surface area contributed by atoms with Crippen molar-refractivity contribution in [3.8, 4) is 0 Å². The predicted octanol–water partition coefficient (Wildman–Crippen LogP) is 2.69. The fourth-order valence-electron chi connectivity index (χ4n) is 2.20. The summed E-state index contributed by atoms with van der Waals surface area (Å²) < 4.78 is 0. The van der Waals surface area contributed by atoms with Crippen LogP contribution in [-0.4, -0.2) is 38.1 Å². The summed E-state index contributed by atoms with van der Waals surface area (Å²) in [6, 6.07) is 0. The van der Waals surface area contributed by atoms with Gasteiger partial charge in [-0.3, -0.25) is 4.90 Å². The Labute approximate surface area is 101 Å². The first-order valence-corrected chi connectivity index (χ1v) is 6.26. The van der Waals surface area contributed by atoms with Crippen LogP contribution in [0.2, 0.25) is 0 Å². The van der Waals surface area contributed by atoms with Gasteiger partial charge in [-0.15, -0.1) is 13.2 Å². The van der Waals surface area contributed by atoms with Gasteiger partial charge in [-0.2, -0.15) is 0 Å². The van der Waals surface area contributed by atoms with Gasteiger partial charge in [-0.05, 0) is 25.3 Å². The van der Waals surface area contributed by atoms with Crippen LogP contribution in [0.25, 0.3) is 0 Å². The van der Waals surface area contributed by atoms with Crippen molar-refractivity contribution in [1.82, 2.24) is 10.2 Å². The van der Waals surface area contributed by atoms with Crippen molar-refractivity contribution >= 4 is 0 Å². The molecule has 2 nitrogen and oxygen atoms in total. The van der Waals surface area contributed by atoms with Crippen LogP contribution in [0.3, 0.4) is 0 Å². The molecule has 0 amide bonds. The number of nitrogens with zero attached hydrogens (tertiary/aromatic N) is 1. The van der Waals surface area contributed by atoms with Crippen LogP contribution in [0.15, 0.2) is 25.3 Å². The van der Waals surface area contributed by atoms with E-state index in [1.54, 1.807) is 0 Å². The van der Waals surface area contributed by atoms with Crippen LogP contribution in [0.4, 0.5) is 0 Å². The van der Waals surface area contributed by atoms with Crippen LogP contribution >= 0.6 is 0 Å². The monoisotopic (exact) mass is 224 g/mol. The molecule has 0 radical (unpaired) electrons. The molecule has 0 aromatic heterocycles. The van der Waals surface area contributed by atoms with Crippen molar-refractivity contribution in [2.75, 3.05) is 33.2 Å². The number of hydrogen-bond acceptors (Lipinski definition) is 2. The molecule has 0 aliphatic carbocycles. The summed E-state index contributed by atoms with van der Waals surface area (Å²) in [6.45, 7) is 16.3. The van der Waals surface area contributed by atoms with E-state index in [0.29, 0.717) is 5.41 Å². The van der Waals surface area contributed by atoms with Crippen LogP contribution in [0, 0.1) is 5.41 Å². The van der Waals surface area contributed by atoms with Gasteiger partial charge in [0.2, 0.25) is 0 Å². The summed E-state index contributed by atoms with van der Waals surface area (Å²) in [6.07, 6.45) is 6.35. The van der Waals surface area contributed by atoms with Crippen LogP contribution in [-0.2, 0) is 0 Å². The zero-order chi connectivity index (χ0) is 12.4. The molecule has 0 saturated heterocycles. The standard InChI is InChI=1S/C14H28N2/c1-6-10-16(11-7-2)13-14(8-3,9-4)12-15-5/h6-7,15H,1-2,8-13H2,3-5H3. The van der Waals surface area contributed by atoms with Crippen LogP contribution in [0.1, 0.15) is 26.7 Å². The first kappa shape index (κ1) is 15.4. The van der Waals surface area contributed by atoms with E-state index in [4.69, 9.17) is 0 Å². The second-order valence-corrected chi connectivity index (χ2v) is 4.51. The van der Waals surface area contributed by atoms with Gasteiger partial charge in [0.15, 0.2) is 0 Å². The molecular formula is C14H28N2. The molecule has 1 N–H and O–H groups in total. The fourth-order valence-corrected chi connectivity index (χ4v) is 2.20. The summed E-state index contributed by atoms with van der Waals surface area (Å²) in [7, 11) is 2.03. The molecule has 0 unspecified atom stereocenters. The zero-order valence-electron chi connectivity index (χ0n) is 11.3. The second-order valence-electron chi connectivity index (χ2n) is 4.51. The molecule has 0 atom stereocenters. The third-order valence-corrected chi connectivity index (χ3v) is 3.39. The Morgan fingerprint density at radius 3 is 1.94 bits per heavy atom. The molecule has 0 bridgehead atoms. The van der Waals surface area contributed by atoms with Crippen molar-refractivity contribution < 1.29 is 0 Å². The first-order chi connectivity index (χ1) is 7.67. The van der Waals surface area contributed by atoms with Crippen molar-refractivity contribution in [3.63, 3.8) is 0 Å². The normalized spacial score (nSPS) is 11.8. The molecule has 0 aromatic rings. The summed E-state index contributed by atoms with van der Waals surface area (Å²) in [5.41, 5.74) is 0.376. The second kappa shape index (κ2) is 8.54. The van der Waals surface area contributed by atoms with Crippen LogP contribution in [0.5, 0.6) is 0 Å². The van der Waals surface area contributed by atoms with Gasteiger partial charge in [-0.1, -0.05) is 26.0 Å². The third kappa shape index (κ3) is 4.95. The molecule has 0 aromatic carbocycles. The highest BCUT2D eigenvalue weighted by atomic mass is 15.1. The molecule has 16 heavy (non-hydrogen) atoms. The zero-order valence-corrected chi connectivity index (χ0v) is 11.3. The minimum atomic E-state index is 0.376. The Balaban J connectivity index is 4.52. The van der Waals surface area contributed by atoms with Crippen molar-refractivity contribution in [2.24, 2.45) is 5.41 Å². The van der Waals surface area contributed by atoms with Gasteiger partial charge in [0, 0.05) is 26.2 Å². The van der Waals surface area contributed by atoms with Gasteiger partial charge in [0.25, 0.3) is 0 Å². The van der Waals surface area contributed by atoms with Gasteiger partial charge < -0.3 is 5.32 Å². The Morgan fingerprint density at radius 2 is 1.62 bits per heavy atom. The van der Waals surface area contributed by atoms with E-state index in [9.17, 15) is 0 Å². The Kier molecular flexibility index (Phi) is 8.22. The van der Waals surface area contributed by atoms with Crippen molar-refractivity contribution in [3.05, 3.63) is 25.3 Å². The highest BCUT2D eigenvalue weighted by molar-refractivity contribution is 4.87. The summed E-state index contributed by atoms with van der Waals surface area (Å²) in [5.74, 6) is 0. The van der Waals surface area contributed by atoms with Gasteiger partial charge in [-0.25, -0.2) is 0 Å². The maximum atomic E-state index is 3.82. The molecule has 94 valence electrons. The number of nitrogens with one attached hydrogen (secondary N) is 1. The van der Waals surface area contributed by atoms with E-state index < -0.39 is 0 Å². The van der Waals surface area contributed by atoms with E-state index in [0.717, 1.165) is 26.2 Å². The third-order valence-electron chi connectivity index (χ3n) is 3.39. The molecule has 0 heterocycles. The average Bonchev–Trinajstić information content (AvgIpc) is 2.29. The lowest BCUT2D eigenvalue weighted by atomic mass is 9.81. The molecule has 0 fully saturated rings. The van der Waals surface area contributed by atoms with Crippen molar-refractivity contribution in [1.29, 1.82) is 0 Å². The first-order valence-electron chi connectivity index (χ1n) is 6.26. The average molecular weight is 224 g/mol. The maximum absolute atomic E-state index is 3.82. The lowest BCUT2D eigenvalue weighted by Crippen LogP contribution is -2.43. The highest BCUT2D eigenvalue weighted by Gasteiger charge is 2.27. The quantitative estimate of drug-likeness (QED) is 0.574. The van der Waals surface area contributed by atoms with E-state index in [2.05, 4.69) is 37.2 Å². The minimum Gasteiger partial charge on any atom is -0.319 e. The Morgan fingerprint density at radius 1 is 1.12 bits per heavy atom. The molecule has 0 aliphatic rings. The van der Waals surface area contributed by atoms with E-state index in [1.807, 2.05) is 19.2 Å².